The number of unbranched alkanes of at least 4 members (excludes halogenated alkanes) is 1. The number of aliphatic hydroxyl groups is 1. The molecule has 1 unspecified atom stereocenters. The van der Waals surface area contributed by atoms with Gasteiger partial charge >= 0.3 is 5.97 Å². The lowest BCUT2D eigenvalue weighted by Gasteiger charge is -2.32. The van der Waals surface area contributed by atoms with E-state index in [9.17, 15) is 29.2 Å². The van der Waals surface area contributed by atoms with Crippen LogP contribution in [0.15, 0.2) is 30.4 Å². The lowest BCUT2D eigenvalue weighted by molar-refractivity contribution is -0.385. The van der Waals surface area contributed by atoms with Gasteiger partial charge in [0.05, 0.1) is 29.2 Å². The number of nitro benzene ring substituents is 1. The van der Waals surface area contributed by atoms with Gasteiger partial charge in [-0.25, -0.2) is 4.39 Å². The molecular weight excluding hydrogens is 407 g/mol. The van der Waals surface area contributed by atoms with Gasteiger partial charge in [0, 0.05) is 31.7 Å². The van der Waals surface area contributed by atoms with Gasteiger partial charge in [0.25, 0.3) is 5.69 Å². The summed E-state index contributed by atoms with van der Waals surface area (Å²) >= 11 is 0. The fourth-order valence-electron chi connectivity index (χ4n) is 3.36. The van der Waals surface area contributed by atoms with Crippen molar-refractivity contribution in [3.05, 3.63) is 51.8 Å². The number of carboxylic acid groups (broad SMARTS) is 1. The van der Waals surface area contributed by atoms with Crippen LogP contribution in [0.5, 0.6) is 0 Å². The van der Waals surface area contributed by atoms with Gasteiger partial charge in [-0.05, 0) is 25.3 Å². The Morgan fingerprint density at radius 2 is 2.19 bits per heavy atom. The highest BCUT2D eigenvalue weighted by molar-refractivity contribution is 5.78. The highest BCUT2D eigenvalue weighted by Gasteiger charge is 2.26. The monoisotopic (exact) mass is 432 g/mol. The molecule has 2 atom stereocenters. The summed E-state index contributed by atoms with van der Waals surface area (Å²) in [6.45, 7) is 0.190. The van der Waals surface area contributed by atoms with Crippen molar-refractivity contribution in [3.8, 4) is 11.8 Å². The molecule has 9 heteroatoms. The molecule has 8 nitrogen and oxygen atoms in total. The van der Waals surface area contributed by atoms with Crippen molar-refractivity contribution in [2.24, 2.45) is 0 Å². The van der Waals surface area contributed by atoms with Crippen molar-refractivity contribution in [2.45, 2.75) is 57.1 Å². The van der Waals surface area contributed by atoms with Crippen molar-refractivity contribution in [2.75, 3.05) is 6.54 Å². The molecule has 1 aromatic carbocycles. The number of carbonyl (C=O) groups excluding carboxylic acids is 1. The number of amides is 1. The van der Waals surface area contributed by atoms with Crippen LogP contribution in [0.25, 0.3) is 0 Å². The molecule has 0 saturated carbocycles. The maximum atomic E-state index is 14.0. The second-order valence-electron chi connectivity index (χ2n) is 7.23. The van der Waals surface area contributed by atoms with E-state index in [4.69, 9.17) is 5.11 Å². The number of aliphatic hydroxyl groups excluding tert-OH is 1. The summed E-state index contributed by atoms with van der Waals surface area (Å²) in [6, 6.07) is 3.24. The fraction of sp³-hybridized carbons (Fsp3) is 0.455. The molecule has 1 fully saturated rings. The molecule has 1 heterocycles. The number of nitro groups is 1. The van der Waals surface area contributed by atoms with E-state index >= 15 is 0 Å². The molecule has 31 heavy (non-hydrogen) atoms. The smallest absolute Gasteiger partial charge is 0.303 e. The van der Waals surface area contributed by atoms with E-state index in [1.807, 2.05) is 0 Å². The number of piperidine rings is 1. The van der Waals surface area contributed by atoms with Crippen LogP contribution in [-0.4, -0.2) is 50.6 Å². The van der Waals surface area contributed by atoms with Gasteiger partial charge in [-0.1, -0.05) is 24.1 Å². The molecule has 2 rings (SSSR count). The Morgan fingerprint density at radius 1 is 1.42 bits per heavy atom. The number of nitrogens with zero attached hydrogens (tertiary/aromatic N) is 2. The number of hydrogen-bond acceptors (Lipinski definition) is 5. The summed E-state index contributed by atoms with van der Waals surface area (Å²) in [5.74, 6) is 4.05. The van der Waals surface area contributed by atoms with Gasteiger partial charge in [0.2, 0.25) is 5.91 Å². The van der Waals surface area contributed by atoms with Crippen LogP contribution >= 0.6 is 0 Å². The summed E-state index contributed by atoms with van der Waals surface area (Å²) < 4.78 is 14.0. The predicted octanol–water partition coefficient (Wildman–Crippen LogP) is 2.83. The molecule has 2 N–H and O–H groups in total. The second kappa shape index (κ2) is 11.8. The summed E-state index contributed by atoms with van der Waals surface area (Å²) in [6.07, 6.45) is 4.33. The third-order valence-corrected chi connectivity index (χ3v) is 4.94. The molecule has 1 aromatic rings. The first-order valence-corrected chi connectivity index (χ1v) is 10.0. The van der Waals surface area contributed by atoms with Crippen LogP contribution in [0, 0.1) is 27.8 Å². The first-order chi connectivity index (χ1) is 14.8. The molecule has 166 valence electrons. The Balaban J connectivity index is 2.00. The van der Waals surface area contributed by atoms with Gasteiger partial charge in [-0.3, -0.25) is 19.7 Å². The lowest BCUT2D eigenvalue weighted by Crippen LogP contribution is -2.42. The predicted molar refractivity (Wildman–Crippen MR) is 111 cm³/mol. The van der Waals surface area contributed by atoms with Crippen LogP contribution in [0.4, 0.5) is 10.1 Å². The zero-order valence-electron chi connectivity index (χ0n) is 17.0. The molecule has 1 saturated heterocycles. The van der Waals surface area contributed by atoms with Gasteiger partial charge < -0.3 is 15.1 Å². The SMILES string of the molecule is O=C(O)CCCC#CCN1C(=O)CCC[C@@H]1/C=C/C(O)Cc1c(F)cccc1[N+](=O)[O-]. The highest BCUT2D eigenvalue weighted by atomic mass is 19.1. The molecule has 1 aliphatic heterocycles. The topological polar surface area (TPSA) is 121 Å². The molecule has 0 spiro atoms. The minimum Gasteiger partial charge on any atom is -0.481 e. The molecule has 0 radical (unpaired) electrons. The fourth-order valence-corrected chi connectivity index (χ4v) is 3.36. The van der Waals surface area contributed by atoms with E-state index in [0.29, 0.717) is 32.1 Å². The first-order valence-electron chi connectivity index (χ1n) is 10.0. The molecule has 0 bridgehead atoms. The van der Waals surface area contributed by atoms with E-state index < -0.39 is 22.8 Å². The van der Waals surface area contributed by atoms with Crippen LogP contribution in [0.2, 0.25) is 0 Å². The number of halogens is 1. The summed E-state index contributed by atoms with van der Waals surface area (Å²) in [5, 5.41) is 30.0. The van der Waals surface area contributed by atoms with Gasteiger partial charge in [0.1, 0.15) is 5.82 Å². The van der Waals surface area contributed by atoms with E-state index in [-0.39, 0.29) is 42.6 Å². The van der Waals surface area contributed by atoms with E-state index in [0.717, 1.165) is 6.07 Å². The zero-order valence-corrected chi connectivity index (χ0v) is 17.0. The van der Waals surface area contributed by atoms with Crippen LogP contribution in [0.1, 0.15) is 44.1 Å². The maximum Gasteiger partial charge on any atom is 0.303 e. The normalized spacial score (nSPS) is 17.3. The second-order valence-corrected chi connectivity index (χ2v) is 7.23. The minimum atomic E-state index is -1.16. The van der Waals surface area contributed by atoms with Crippen molar-refractivity contribution in [3.63, 3.8) is 0 Å². The Morgan fingerprint density at radius 3 is 2.90 bits per heavy atom. The zero-order chi connectivity index (χ0) is 22.8. The summed E-state index contributed by atoms with van der Waals surface area (Å²) in [7, 11) is 0. The average Bonchev–Trinajstić information content (AvgIpc) is 2.71. The van der Waals surface area contributed by atoms with Crippen LogP contribution < -0.4 is 0 Å². The summed E-state index contributed by atoms with van der Waals surface area (Å²) in [4.78, 5) is 34.8. The van der Waals surface area contributed by atoms with E-state index in [1.54, 1.807) is 11.0 Å². The Kier molecular flexibility index (Phi) is 9.15. The van der Waals surface area contributed by atoms with Crippen molar-refractivity contribution in [1.29, 1.82) is 0 Å². The Labute approximate surface area is 179 Å². The standard InChI is InChI=1S/C22H25FN2O6/c23-19-8-6-9-20(25(30)31)18(19)15-17(26)13-12-16-7-5-10-21(27)24(16)14-4-2-1-3-11-22(28)29/h6,8-9,12-13,16-17,26H,1,3,5,7,10-11,14-15H2,(H,28,29)/b13-12+/t16-,17?/m1/s1. The Bertz CT molecular complexity index is 905. The number of carbonyl (C=O) groups is 2. The highest BCUT2D eigenvalue weighted by Crippen LogP contribution is 2.24. The lowest BCUT2D eigenvalue weighted by atomic mass is 9.99. The van der Waals surface area contributed by atoms with Crippen LogP contribution in [-0.2, 0) is 16.0 Å². The number of aliphatic carboxylic acids is 1. The van der Waals surface area contributed by atoms with E-state index in [2.05, 4.69) is 11.8 Å². The molecule has 0 aliphatic carbocycles. The van der Waals surface area contributed by atoms with Crippen LogP contribution in [0.3, 0.4) is 0 Å². The largest absolute Gasteiger partial charge is 0.481 e. The quantitative estimate of drug-likeness (QED) is 0.203. The number of rotatable bonds is 9. The van der Waals surface area contributed by atoms with E-state index in [1.165, 1.54) is 18.2 Å². The number of hydrogen-bond donors (Lipinski definition) is 2. The number of likely N-dealkylation sites (tertiary alicyclic amines) is 1. The molecular formula is C22H25FN2O6. The minimum absolute atomic E-state index is 0.0424. The maximum absolute atomic E-state index is 14.0. The third-order valence-electron chi connectivity index (χ3n) is 4.94. The molecule has 0 aromatic heterocycles. The van der Waals surface area contributed by atoms with Gasteiger partial charge in [-0.15, -0.1) is 5.92 Å². The third kappa shape index (κ3) is 7.50. The van der Waals surface area contributed by atoms with Crippen molar-refractivity contribution >= 4 is 17.6 Å². The summed E-state index contributed by atoms with van der Waals surface area (Å²) in [5.41, 5.74) is -0.562. The Hall–Kier alpha value is -3.25. The van der Waals surface area contributed by atoms with Crippen molar-refractivity contribution in [1.82, 2.24) is 4.90 Å². The van der Waals surface area contributed by atoms with Gasteiger partial charge in [0.15, 0.2) is 0 Å². The number of carboxylic acids is 1. The van der Waals surface area contributed by atoms with Crippen molar-refractivity contribution < 1.29 is 29.1 Å². The first kappa shape index (κ1) is 24.0. The number of benzene rings is 1. The molecule has 1 aliphatic rings. The average molecular weight is 432 g/mol. The van der Waals surface area contributed by atoms with Gasteiger partial charge in [-0.2, -0.15) is 0 Å². The molecule has 1 amide bonds.